The van der Waals surface area contributed by atoms with Crippen molar-refractivity contribution >= 4 is 44.9 Å². The topological polar surface area (TPSA) is 6.48 Å². The second-order valence-corrected chi connectivity index (χ2v) is 18.7. The van der Waals surface area contributed by atoms with Crippen LogP contribution in [0.25, 0.3) is 44.2 Å². The first-order valence-corrected chi connectivity index (χ1v) is 23.5. The molecule has 0 heterocycles. The summed E-state index contributed by atoms with van der Waals surface area (Å²) in [5, 5.41) is 2.47. The van der Waals surface area contributed by atoms with Crippen LogP contribution in [0.3, 0.4) is 0 Å². The fraction of sp³-hybridized carbons (Fsp3) is 0.161. The lowest BCUT2D eigenvalue weighted by Crippen LogP contribution is -2.22. The zero-order valence-corrected chi connectivity index (χ0v) is 36.2. The molecule has 0 aromatic heterocycles. The van der Waals surface area contributed by atoms with Crippen molar-refractivity contribution in [1.29, 1.82) is 0 Å². The summed E-state index contributed by atoms with van der Waals surface area (Å²) in [6.45, 7) is 0. The minimum absolute atomic E-state index is 0.0980. The quantitative estimate of drug-likeness (QED) is 0.158. The van der Waals surface area contributed by atoms with Gasteiger partial charge < -0.3 is 9.80 Å². The number of para-hydroxylation sites is 1. The fourth-order valence-corrected chi connectivity index (χ4v) is 12.7. The minimum atomic E-state index is 0.0980. The summed E-state index contributed by atoms with van der Waals surface area (Å²) in [5.74, 6) is 0. The molecule has 0 unspecified atom stereocenters. The third-order valence-corrected chi connectivity index (χ3v) is 15.5. The lowest BCUT2D eigenvalue weighted by Gasteiger charge is -2.31. The van der Waals surface area contributed by atoms with Gasteiger partial charge in [0.2, 0.25) is 0 Å². The normalized spacial score (nSPS) is 15.9. The Balaban J connectivity index is 0.908. The number of hydrogen-bond acceptors (Lipinski definition) is 2. The Hall–Kier alpha value is -7.16. The smallest absolute Gasteiger partial charge is 0.0540 e. The standard InChI is InChI=1S/C62H50N2/c1-2-17-46(18-3-1)64(60-24-14-16-45-15-4-5-19-51(45)60)48-31-27-44(28-32-48)43-25-29-47(30-26-43)63(49-33-35-54-52-20-6-8-22-56(52)61(58(54)41-49)37-10-11-38-61)50-34-36-55-53-21-7-9-23-57(53)62(59(55)42-50)39-12-13-40-62/h1-9,14-36,41-42H,10-13,37-40H2. The molecule has 9 aromatic carbocycles. The number of fused-ring (bicyclic) bond motifs is 11. The monoisotopic (exact) mass is 822 g/mol. The van der Waals surface area contributed by atoms with Crippen LogP contribution in [0.15, 0.2) is 206 Å². The van der Waals surface area contributed by atoms with Crippen molar-refractivity contribution in [2.45, 2.75) is 62.2 Å². The molecule has 2 heteroatoms. The predicted octanol–water partition coefficient (Wildman–Crippen LogP) is 17.1. The summed E-state index contributed by atoms with van der Waals surface area (Å²) < 4.78 is 0. The van der Waals surface area contributed by atoms with E-state index in [1.807, 2.05) is 0 Å². The molecule has 2 fully saturated rings. The molecule has 308 valence electrons. The Bertz CT molecular complexity index is 3100. The first-order chi connectivity index (χ1) is 31.7. The molecule has 0 atom stereocenters. The van der Waals surface area contributed by atoms with Gasteiger partial charge in [0.25, 0.3) is 0 Å². The van der Waals surface area contributed by atoms with Crippen LogP contribution in [0.2, 0.25) is 0 Å². The van der Waals surface area contributed by atoms with Crippen molar-refractivity contribution in [2.75, 3.05) is 9.80 Å². The third kappa shape index (κ3) is 5.64. The lowest BCUT2D eigenvalue weighted by molar-refractivity contribution is 0.549. The van der Waals surface area contributed by atoms with Crippen molar-refractivity contribution < 1.29 is 0 Å². The van der Waals surface area contributed by atoms with E-state index in [1.165, 1.54) is 141 Å². The molecular formula is C62H50N2. The Kier molecular flexibility index (Phi) is 8.60. The zero-order valence-electron chi connectivity index (χ0n) is 36.2. The van der Waals surface area contributed by atoms with Crippen molar-refractivity contribution in [3.63, 3.8) is 0 Å². The fourth-order valence-electron chi connectivity index (χ4n) is 12.7. The molecular weight excluding hydrogens is 773 g/mol. The van der Waals surface area contributed by atoms with Crippen molar-refractivity contribution in [3.05, 3.63) is 229 Å². The van der Waals surface area contributed by atoms with Gasteiger partial charge in [0.1, 0.15) is 0 Å². The van der Waals surface area contributed by atoms with Crippen LogP contribution in [-0.2, 0) is 10.8 Å². The third-order valence-electron chi connectivity index (χ3n) is 15.5. The molecule has 2 nitrogen and oxygen atoms in total. The first-order valence-electron chi connectivity index (χ1n) is 23.5. The Labute approximate surface area is 377 Å². The molecule has 9 aromatic rings. The van der Waals surface area contributed by atoms with Gasteiger partial charge in [0, 0.05) is 44.7 Å². The number of anilines is 6. The summed E-state index contributed by atoms with van der Waals surface area (Å²) in [7, 11) is 0. The Morgan fingerprint density at radius 3 is 1.28 bits per heavy atom. The van der Waals surface area contributed by atoms with Gasteiger partial charge >= 0.3 is 0 Å². The van der Waals surface area contributed by atoms with Gasteiger partial charge in [-0.05, 0) is 153 Å². The maximum Gasteiger partial charge on any atom is 0.0540 e. The first kappa shape index (κ1) is 37.4. The molecule has 0 saturated heterocycles. The van der Waals surface area contributed by atoms with E-state index in [4.69, 9.17) is 0 Å². The highest BCUT2D eigenvalue weighted by molar-refractivity contribution is 5.99. The highest BCUT2D eigenvalue weighted by Crippen LogP contribution is 2.60. The average molecular weight is 823 g/mol. The van der Waals surface area contributed by atoms with Crippen LogP contribution >= 0.6 is 0 Å². The zero-order chi connectivity index (χ0) is 42.2. The van der Waals surface area contributed by atoms with E-state index in [1.54, 1.807) is 0 Å². The summed E-state index contributed by atoms with van der Waals surface area (Å²) >= 11 is 0. The van der Waals surface area contributed by atoms with Gasteiger partial charge in [0.15, 0.2) is 0 Å². The van der Waals surface area contributed by atoms with Gasteiger partial charge in [-0.3, -0.25) is 0 Å². The van der Waals surface area contributed by atoms with Crippen LogP contribution in [0.5, 0.6) is 0 Å². The molecule has 4 aliphatic carbocycles. The van der Waals surface area contributed by atoms with Gasteiger partial charge in [-0.2, -0.15) is 0 Å². The van der Waals surface area contributed by atoms with E-state index < -0.39 is 0 Å². The van der Waals surface area contributed by atoms with Crippen molar-refractivity contribution in [2.24, 2.45) is 0 Å². The lowest BCUT2D eigenvalue weighted by atomic mass is 9.76. The molecule has 2 saturated carbocycles. The molecule has 64 heavy (non-hydrogen) atoms. The predicted molar refractivity (Wildman–Crippen MR) is 268 cm³/mol. The van der Waals surface area contributed by atoms with E-state index in [-0.39, 0.29) is 10.8 Å². The number of nitrogens with zero attached hydrogens (tertiary/aromatic N) is 2. The summed E-state index contributed by atoms with van der Waals surface area (Å²) in [6.07, 6.45) is 10.0. The van der Waals surface area contributed by atoms with Crippen LogP contribution < -0.4 is 9.80 Å². The molecule has 4 aliphatic rings. The molecule has 2 spiro atoms. The van der Waals surface area contributed by atoms with Gasteiger partial charge in [-0.1, -0.05) is 165 Å². The number of hydrogen-bond donors (Lipinski definition) is 0. The van der Waals surface area contributed by atoms with E-state index >= 15 is 0 Å². The number of benzene rings is 9. The molecule has 0 bridgehead atoms. The maximum absolute atomic E-state index is 2.56. The molecule has 0 radical (unpaired) electrons. The van der Waals surface area contributed by atoms with E-state index in [0.29, 0.717) is 0 Å². The van der Waals surface area contributed by atoms with Crippen molar-refractivity contribution in [3.8, 4) is 33.4 Å². The van der Waals surface area contributed by atoms with E-state index in [2.05, 4.69) is 216 Å². The summed E-state index contributed by atoms with van der Waals surface area (Å²) in [6, 6.07) is 77.6. The minimum Gasteiger partial charge on any atom is -0.310 e. The van der Waals surface area contributed by atoms with Crippen LogP contribution in [0, 0.1) is 0 Å². The summed E-state index contributed by atoms with van der Waals surface area (Å²) in [4.78, 5) is 4.93. The van der Waals surface area contributed by atoms with Crippen molar-refractivity contribution in [1.82, 2.24) is 0 Å². The highest BCUT2D eigenvalue weighted by atomic mass is 15.1. The highest BCUT2D eigenvalue weighted by Gasteiger charge is 2.46. The Morgan fingerprint density at radius 1 is 0.297 bits per heavy atom. The molecule has 13 rings (SSSR count). The van der Waals surface area contributed by atoms with Gasteiger partial charge in [0.05, 0.1) is 5.69 Å². The average Bonchev–Trinajstić information content (AvgIpc) is 4.17. The second kappa shape index (κ2) is 14.7. The largest absolute Gasteiger partial charge is 0.310 e. The second-order valence-electron chi connectivity index (χ2n) is 18.7. The van der Waals surface area contributed by atoms with Gasteiger partial charge in [-0.15, -0.1) is 0 Å². The van der Waals surface area contributed by atoms with Gasteiger partial charge in [-0.25, -0.2) is 0 Å². The molecule has 0 amide bonds. The maximum atomic E-state index is 2.56. The van der Waals surface area contributed by atoms with E-state index in [9.17, 15) is 0 Å². The van der Waals surface area contributed by atoms with Crippen LogP contribution in [0.4, 0.5) is 34.1 Å². The van der Waals surface area contributed by atoms with Crippen LogP contribution in [0.1, 0.15) is 73.6 Å². The molecule has 0 aliphatic heterocycles. The number of rotatable bonds is 7. The van der Waals surface area contributed by atoms with E-state index in [0.717, 1.165) is 11.4 Å². The van der Waals surface area contributed by atoms with Crippen LogP contribution in [-0.4, -0.2) is 0 Å². The molecule has 0 N–H and O–H groups in total. The summed E-state index contributed by atoms with van der Waals surface area (Å²) in [5.41, 5.74) is 21.5. The SMILES string of the molecule is c1ccc(N(c2ccc(-c3ccc(N(c4ccc5c(c4)C4(CCCC4)c4ccccc4-5)c4ccc5c(c4)C4(CCCC4)c4ccccc4-5)cc3)cc2)c2cccc3ccccc23)cc1. The Morgan fingerprint density at radius 2 is 0.719 bits per heavy atom.